The fraction of sp³-hybridized carbons (Fsp3) is 0.158. The molecule has 1 N–H and O–H groups in total. The van der Waals surface area contributed by atoms with Crippen LogP contribution in [0, 0.1) is 0 Å². The van der Waals surface area contributed by atoms with Crippen molar-refractivity contribution in [3.8, 4) is 5.75 Å². The quantitative estimate of drug-likeness (QED) is 0.804. The van der Waals surface area contributed by atoms with Crippen molar-refractivity contribution in [2.75, 3.05) is 5.32 Å². The van der Waals surface area contributed by atoms with Gasteiger partial charge in [-0.2, -0.15) is 5.10 Å². The monoisotopic (exact) mass is 319 g/mol. The maximum atomic E-state index is 12.5. The summed E-state index contributed by atoms with van der Waals surface area (Å²) in [6.45, 7) is 0.669. The Morgan fingerprint density at radius 3 is 2.96 bits per heavy atom. The summed E-state index contributed by atoms with van der Waals surface area (Å²) < 4.78 is 7.58. The van der Waals surface area contributed by atoms with Crippen molar-refractivity contribution < 1.29 is 9.53 Å². The lowest BCUT2D eigenvalue weighted by atomic mass is 10.1. The first-order valence-electron chi connectivity index (χ1n) is 7.90. The van der Waals surface area contributed by atoms with Crippen LogP contribution in [-0.2, 0) is 17.8 Å². The van der Waals surface area contributed by atoms with Gasteiger partial charge in [-0.15, -0.1) is 0 Å². The lowest BCUT2D eigenvalue weighted by Crippen LogP contribution is -2.31. The molecule has 120 valence electrons. The number of ether oxygens (including phenoxy) is 1. The summed E-state index contributed by atoms with van der Waals surface area (Å²) in [5.74, 6) is 0.674. The number of aromatic nitrogens is 2. The largest absolute Gasteiger partial charge is 0.480 e. The predicted molar refractivity (Wildman–Crippen MR) is 91.0 cm³/mol. The fourth-order valence-electron chi connectivity index (χ4n) is 2.88. The first kappa shape index (κ1) is 14.5. The minimum Gasteiger partial charge on any atom is -0.480 e. The van der Waals surface area contributed by atoms with Crippen LogP contribution >= 0.6 is 0 Å². The van der Waals surface area contributed by atoms with Crippen LogP contribution < -0.4 is 10.1 Å². The number of para-hydroxylation sites is 1. The molecule has 0 bridgehead atoms. The smallest absolute Gasteiger partial charge is 0.265 e. The molecule has 0 spiro atoms. The van der Waals surface area contributed by atoms with Gasteiger partial charge in [0.05, 0.1) is 6.54 Å². The van der Waals surface area contributed by atoms with E-state index in [1.807, 2.05) is 65.5 Å². The average Bonchev–Trinajstić information content (AvgIpc) is 3.24. The van der Waals surface area contributed by atoms with E-state index in [0.717, 1.165) is 22.6 Å². The lowest BCUT2D eigenvalue weighted by Gasteiger charge is -2.12. The van der Waals surface area contributed by atoms with E-state index in [1.165, 1.54) is 0 Å². The van der Waals surface area contributed by atoms with E-state index in [9.17, 15) is 4.79 Å². The number of nitrogens with zero attached hydrogens (tertiary/aromatic N) is 2. The number of fused-ring (bicyclic) bond motifs is 1. The molecule has 1 aromatic heterocycles. The second-order valence-corrected chi connectivity index (χ2v) is 5.81. The van der Waals surface area contributed by atoms with E-state index >= 15 is 0 Å². The molecule has 0 saturated heterocycles. The number of carbonyl (C=O) groups is 1. The van der Waals surface area contributed by atoms with Gasteiger partial charge in [-0.3, -0.25) is 9.48 Å². The van der Waals surface area contributed by atoms with Crippen LogP contribution in [0.5, 0.6) is 5.75 Å². The Kier molecular flexibility index (Phi) is 3.75. The van der Waals surface area contributed by atoms with Crippen molar-refractivity contribution in [2.45, 2.75) is 19.1 Å². The zero-order chi connectivity index (χ0) is 16.4. The predicted octanol–water partition coefficient (Wildman–Crippen LogP) is 2.87. The van der Waals surface area contributed by atoms with Gasteiger partial charge in [0.25, 0.3) is 5.91 Å². The number of hydrogen-bond acceptors (Lipinski definition) is 3. The molecule has 0 radical (unpaired) electrons. The van der Waals surface area contributed by atoms with Gasteiger partial charge in [0.1, 0.15) is 5.75 Å². The second kappa shape index (κ2) is 6.20. The molecule has 1 aliphatic heterocycles. The van der Waals surface area contributed by atoms with E-state index in [4.69, 9.17) is 4.74 Å². The Labute approximate surface area is 139 Å². The van der Waals surface area contributed by atoms with E-state index in [2.05, 4.69) is 10.4 Å². The summed E-state index contributed by atoms with van der Waals surface area (Å²) >= 11 is 0. The second-order valence-electron chi connectivity index (χ2n) is 5.81. The molecule has 0 fully saturated rings. The van der Waals surface area contributed by atoms with Crippen LogP contribution in [-0.4, -0.2) is 21.8 Å². The molecule has 3 aromatic rings. The molecule has 5 nitrogen and oxygen atoms in total. The SMILES string of the molecule is O=C(Nc1cccc(Cn2cccn2)c1)[C@H]1Cc2ccccc2O1. The van der Waals surface area contributed by atoms with Gasteiger partial charge >= 0.3 is 0 Å². The fourth-order valence-corrected chi connectivity index (χ4v) is 2.88. The Bertz CT molecular complexity index is 834. The molecule has 0 unspecified atom stereocenters. The molecule has 1 amide bonds. The number of benzene rings is 2. The lowest BCUT2D eigenvalue weighted by molar-refractivity contribution is -0.122. The summed E-state index contributed by atoms with van der Waals surface area (Å²) in [6, 6.07) is 17.4. The molecule has 2 aromatic carbocycles. The molecule has 4 rings (SSSR count). The van der Waals surface area contributed by atoms with Crippen LogP contribution in [0.4, 0.5) is 5.69 Å². The summed E-state index contributed by atoms with van der Waals surface area (Å²) in [7, 11) is 0. The maximum Gasteiger partial charge on any atom is 0.265 e. The van der Waals surface area contributed by atoms with Crippen LogP contribution in [0.3, 0.4) is 0 Å². The van der Waals surface area contributed by atoms with E-state index in [0.29, 0.717) is 13.0 Å². The van der Waals surface area contributed by atoms with E-state index in [-0.39, 0.29) is 5.91 Å². The van der Waals surface area contributed by atoms with Gasteiger partial charge in [-0.25, -0.2) is 0 Å². The van der Waals surface area contributed by atoms with Crippen LogP contribution in [0.1, 0.15) is 11.1 Å². The average molecular weight is 319 g/mol. The number of amides is 1. The summed E-state index contributed by atoms with van der Waals surface area (Å²) in [5.41, 5.74) is 2.92. The molecule has 2 heterocycles. The Hall–Kier alpha value is -3.08. The molecule has 24 heavy (non-hydrogen) atoms. The minimum atomic E-state index is -0.475. The van der Waals surface area contributed by atoms with E-state index < -0.39 is 6.10 Å². The summed E-state index contributed by atoms with van der Waals surface area (Å²) in [4.78, 5) is 12.5. The van der Waals surface area contributed by atoms with Gasteiger partial charge in [0, 0.05) is 24.5 Å². The van der Waals surface area contributed by atoms with Gasteiger partial charge in [0.2, 0.25) is 0 Å². The third kappa shape index (κ3) is 3.01. The Balaban J connectivity index is 1.43. The molecule has 1 aliphatic rings. The first-order valence-corrected chi connectivity index (χ1v) is 7.90. The van der Waals surface area contributed by atoms with Crippen LogP contribution in [0.2, 0.25) is 0 Å². The van der Waals surface area contributed by atoms with E-state index in [1.54, 1.807) is 6.20 Å². The molecule has 0 aliphatic carbocycles. The highest BCUT2D eigenvalue weighted by Crippen LogP contribution is 2.28. The van der Waals surface area contributed by atoms with Crippen molar-refractivity contribution >= 4 is 11.6 Å². The van der Waals surface area contributed by atoms with Gasteiger partial charge < -0.3 is 10.1 Å². The molecule has 5 heteroatoms. The normalized spacial score (nSPS) is 15.6. The standard InChI is InChI=1S/C19H17N3O2/c23-19(18-12-15-6-1-2-8-17(15)24-18)21-16-7-3-5-14(11-16)13-22-10-4-9-20-22/h1-11,18H,12-13H2,(H,21,23)/t18-/m1/s1. The van der Waals surface area contributed by atoms with Crippen molar-refractivity contribution in [3.05, 3.63) is 78.1 Å². The van der Waals surface area contributed by atoms with Crippen molar-refractivity contribution in [3.63, 3.8) is 0 Å². The molecular weight excluding hydrogens is 302 g/mol. The summed E-state index contributed by atoms with van der Waals surface area (Å²) in [6.07, 6.45) is 3.79. The maximum absolute atomic E-state index is 12.5. The van der Waals surface area contributed by atoms with Crippen LogP contribution in [0.15, 0.2) is 67.0 Å². The third-order valence-corrected chi connectivity index (χ3v) is 4.04. The number of nitrogens with one attached hydrogen (secondary N) is 1. The zero-order valence-corrected chi connectivity index (χ0v) is 13.1. The van der Waals surface area contributed by atoms with Crippen molar-refractivity contribution in [1.82, 2.24) is 9.78 Å². The Morgan fingerprint density at radius 2 is 2.12 bits per heavy atom. The Morgan fingerprint density at radius 1 is 1.21 bits per heavy atom. The van der Waals surface area contributed by atoms with Gasteiger partial charge in [-0.1, -0.05) is 30.3 Å². The number of hydrogen-bond donors (Lipinski definition) is 1. The highest BCUT2D eigenvalue weighted by Gasteiger charge is 2.28. The number of carbonyl (C=O) groups excluding carboxylic acids is 1. The molecular formula is C19H17N3O2. The highest BCUT2D eigenvalue weighted by atomic mass is 16.5. The van der Waals surface area contributed by atoms with Gasteiger partial charge in [0.15, 0.2) is 6.10 Å². The third-order valence-electron chi connectivity index (χ3n) is 4.04. The van der Waals surface area contributed by atoms with Crippen LogP contribution in [0.25, 0.3) is 0 Å². The van der Waals surface area contributed by atoms with Gasteiger partial charge in [-0.05, 0) is 35.4 Å². The summed E-state index contributed by atoms with van der Waals surface area (Å²) in [5, 5.41) is 7.14. The number of anilines is 1. The van der Waals surface area contributed by atoms with Crippen molar-refractivity contribution in [1.29, 1.82) is 0 Å². The topological polar surface area (TPSA) is 56.2 Å². The highest BCUT2D eigenvalue weighted by molar-refractivity contribution is 5.95. The number of rotatable bonds is 4. The van der Waals surface area contributed by atoms with Crippen molar-refractivity contribution in [2.24, 2.45) is 0 Å². The minimum absolute atomic E-state index is 0.123. The molecule has 0 saturated carbocycles. The molecule has 1 atom stereocenters. The zero-order valence-electron chi connectivity index (χ0n) is 13.1. The first-order chi connectivity index (χ1) is 11.8.